The van der Waals surface area contributed by atoms with Crippen LogP contribution in [0.5, 0.6) is 5.75 Å². The molecule has 3 aromatic heterocycles. The Balaban J connectivity index is 1.64. The predicted molar refractivity (Wildman–Crippen MR) is 175 cm³/mol. The highest BCUT2D eigenvalue weighted by Gasteiger charge is 2.33. The van der Waals surface area contributed by atoms with Crippen molar-refractivity contribution in [3.63, 3.8) is 0 Å². The number of aromatic amines is 2. The summed E-state index contributed by atoms with van der Waals surface area (Å²) in [7, 11) is 0. The molecule has 20 heteroatoms. The van der Waals surface area contributed by atoms with Crippen molar-refractivity contribution in [1.82, 2.24) is 19.9 Å². The van der Waals surface area contributed by atoms with Crippen molar-refractivity contribution >= 4 is 46.4 Å². The van der Waals surface area contributed by atoms with Gasteiger partial charge in [0.25, 0.3) is 0 Å². The first kappa shape index (κ1) is 37.9. The van der Waals surface area contributed by atoms with Crippen LogP contribution in [0.3, 0.4) is 0 Å². The number of benzene rings is 3. The standard InChI is InChI=1S/C38H10F15N4O/c39-23-20(24(40)30(46)35(51)29(23)45)17-9-1-3-11(54-9)18(21-25(41)31(47)36(52)32(48)26(21)42)13-5-7-15(56-13)38(58)16-8-6-14(57-16)19(12-4-2-10(17)55-12)22-27(43)33(49)37(53)34(50)28(22)44/h1-8,54,57H. The molecule has 3 aromatic carbocycles. The van der Waals surface area contributed by atoms with Crippen LogP contribution < -0.4 is 0 Å². The van der Waals surface area contributed by atoms with Crippen LogP contribution in [0.25, 0.3) is 79.8 Å². The minimum absolute atomic E-state index is 0.548. The third-order valence-electron chi connectivity index (χ3n) is 9.09. The van der Waals surface area contributed by atoms with Gasteiger partial charge in [0, 0.05) is 33.2 Å². The molecule has 1 radical (unpaired) electrons. The first-order valence-electron chi connectivity index (χ1n) is 15.8. The molecule has 2 N–H and O–H groups in total. The van der Waals surface area contributed by atoms with Crippen LogP contribution in [0.1, 0.15) is 22.8 Å². The van der Waals surface area contributed by atoms with Crippen LogP contribution in [0.15, 0.2) is 24.3 Å². The van der Waals surface area contributed by atoms with Gasteiger partial charge in [-0.3, -0.25) is 5.11 Å². The van der Waals surface area contributed by atoms with E-state index in [1.54, 1.807) is 0 Å². The molecule has 2 aliphatic heterocycles. The van der Waals surface area contributed by atoms with E-state index in [-0.39, 0.29) is 0 Å². The van der Waals surface area contributed by atoms with E-state index in [1.807, 2.05) is 0 Å². The fourth-order valence-electron chi connectivity index (χ4n) is 6.44. The van der Waals surface area contributed by atoms with E-state index in [0.717, 1.165) is 48.6 Å². The molecule has 0 saturated carbocycles. The van der Waals surface area contributed by atoms with Crippen LogP contribution in [0.2, 0.25) is 0 Å². The second-order valence-corrected chi connectivity index (χ2v) is 12.3. The number of hydrogen-bond donors (Lipinski definition) is 2. The van der Waals surface area contributed by atoms with Gasteiger partial charge in [0.05, 0.1) is 39.3 Å². The summed E-state index contributed by atoms with van der Waals surface area (Å²) in [5, 5.41) is 13.6. The Hall–Kier alpha value is -6.99. The van der Waals surface area contributed by atoms with Gasteiger partial charge in [0.15, 0.2) is 69.8 Å². The lowest BCUT2D eigenvalue weighted by atomic mass is 10.0. The molecular formula is C38H10F15N4O. The van der Waals surface area contributed by atoms with Gasteiger partial charge in [0.1, 0.15) is 5.69 Å². The zero-order valence-corrected chi connectivity index (χ0v) is 27.6. The second-order valence-electron chi connectivity index (χ2n) is 12.3. The van der Waals surface area contributed by atoms with Crippen LogP contribution in [0, 0.1) is 87.3 Å². The Kier molecular flexibility index (Phi) is 8.70. The van der Waals surface area contributed by atoms with Crippen molar-refractivity contribution in [3.05, 3.63) is 134 Å². The Morgan fingerprint density at radius 3 is 0.828 bits per heavy atom. The normalized spacial score (nSPS) is 12.3. The van der Waals surface area contributed by atoms with Crippen LogP contribution >= 0.6 is 0 Å². The summed E-state index contributed by atoms with van der Waals surface area (Å²) in [5.41, 5.74) is -13.9. The Morgan fingerprint density at radius 2 is 0.517 bits per heavy atom. The van der Waals surface area contributed by atoms with Crippen molar-refractivity contribution in [3.8, 4) is 39.1 Å². The highest BCUT2D eigenvalue weighted by molar-refractivity contribution is 5.98. The van der Waals surface area contributed by atoms with Crippen LogP contribution in [-0.2, 0) is 5.11 Å². The lowest BCUT2D eigenvalue weighted by molar-refractivity contribution is 0.357. The molecule has 293 valence electrons. The van der Waals surface area contributed by atoms with E-state index in [1.165, 1.54) is 0 Å². The molecule has 0 amide bonds. The van der Waals surface area contributed by atoms with E-state index >= 15 is 26.3 Å². The molecule has 58 heavy (non-hydrogen) atoms. The van der Waals surface area contributed by atoms with Crippen molar-refractivity contribution in [2.45, 2.75) is 0 Å². The Morgan fingerprint density at radius 1 is 0.293 bits per heavy atom. The van der Waals surface area contributed by atoms with E-state index in [4.69, 9.17) is 0 Å². The van der Waals surface area contributed by atoms with E-state index in [2.05, 4.69) is 19.9 Å². The average molecular weight is 823 g/mol. The zero-order chi connectivity index (χ0) is 41.8. The number of halogens is 15. The SMILES string of the molecule is [O]c1c2nc(c(-c3c(F)c(F)c(F)c(F)c3F)c3ccc([nH]3)c(-c3c(F)c(F)c(F)c(F)c3F)c3nc(c(-c4c(F)c(F)c(F)c(F)c4F)c4ccc1[nH]4)C=C3)C=C2. The fraction of sp³-hybridized carbons (Fsp3) is 0. The third-order valence-corrected chi connectivity index (χ3v) is 9.09. The van der Waals surface area contributed by atoms with Gasteiger partial charge in [0.2, 0.25) is 23.2 Å². The van der Waals surface area contributed by atoms with Crippen molar-refractivity contribution in [2.24, 2.45) is 0 Å². The lowest BCUT2D eigenvalue weighted by Gasteiger charge is -2.11. The summed E-state index contributed by atoms with van der Waals surface area (Å²) >= 11 is 0. The summed E-state index contributed by atoms with van der Waals surface area (Å²) in [6.45, 7) is 0. The summed E-state index contributed by atoms with van der Waals surface area (Å²) in [6.07, 6.45) is 3.24. The van der Waals surface area contributed by atoms with Crippen LogP contribution in [0.4, 0.5) is 65.9 Å². The largest absolute Gasteiger partial charge is 0.354 e. The second kappa shape index (κ2) is 13.3. The summed E-state index contributed by atoms with van der Waals surface area (Å²) in [4.78, 5) is 12.7. The highest BCUT2D eigenvalue weighted by Crippen LogP contribution is 2.43. The van der Waals surface area contributed by atoms with Crippen molar-refractivity contribution < 1.29 is 71.0 Å². The smallest absolute Gasteiger partial charge is 0.227 e. The number of hydrogen-bond acceptors (Lipinski definition) is 2. The predicted octanol–water partition coefficient (Wildman–Crippen LogP) is 11.9. The number of nitrogens with one attached hydrogen (secondary N) is 2. The van der Waals surface area contributed by atoms with E-state index in [9.17, 15) is 44.6 Å². The number of aromatic nitrogens is 4. The van der Waals surface area contributed by atoms with E-state index < -0.39 is 171 Å². The molecule has 6 aromatic rings. The van der Waals surface area contributed by atoms with Gasteiger partial charge >= 0.3 is 0 Å². The molecule has 0 saturated heterocycles. The molecule has 5 heterocycles. The monoisotopic (exact) mass is 823 g/mol. The van der Waals surface area contributed by atoms with Gasteiger partial charge in [-0.2, -0.15) is 0 Å². The molecule has 0 spiro atoms. The van der Waals surface area contributed by atoms with E-state index in [0.29, 0.717) is 0 Å². The zero-order valence-electron chi connectivity index (χ0n) is 27.6. The molecule has 2 aliphatic rings. The fourth-order valence-corrected chi connectivity index (χ4v) is 6.44. The maximum Gasteiger partial charge on any atom is 0.227 e. The summed E-state index contributed by atoms with van der Waals surface area (Å²) < 4.78 is 223. The topological polar surface area (TPSA) is 77.3 Å². The number of nitrogens with zero attached hydrogens (tertiary/aromatic N) is 2. The Labute approximate surface area is 310 Å². The minimum atomic E-state index is -2.63. The number of fused-ring (bicyclic) bond motifs is 8. The molecule has 5 nitrogen and oxygen atoms in total. The van der Waals surface area contributed by atoms with Crippen molar-refractivity contribution in [2.75, 3.05) is 0 Å². The molecule has 8 bridgehead atoms. The van der Waals surface area contributed by atoms with Gasteiger partial charge in [-0.1, -0.05) is 0 Å². The maximum atomic E-state index is 15.6. The number of H-pyrrole nitrogens is 2. The molecule has 0 unspecified atom stereocenters. The average Bonchev–Trinajstić information content (AvgIpc) is 4.06. The molecular weight excluding hydrogens is 813 g/mol. The molecule has 0 fully saturated rings. The Bertz CT molecular complexity index is 2940. The van der Waals surface area contributed by atoms with Gasteiger partial charge in [-0.25, -0.2) is 75.8 Å². The van der Waals surface area contributed by atoms with Crippen LogP contribution in [-0.4, -0.2) is 19.9 Å². The summed E-state index contributed by atoms with van der Waals surface area (Å²) in [5.74, 6) is -38.4. The first-order chi connectivity index (χ1) is 27.4. The summed E-state index contributed by atoms with van der Waals surface area (Å²) in [6, 6.07) is 3.35. The van der Waals surface area contributed by atoms with Gasteiger partial charge in [-0.15, -0.1) is 0 Å². The molecule has 0 aliphatic carbocycles. The minimum Gasteiger partial charge on any atom is -0.354 e. The highest BCUT2D eigenvalue weighted by atomic mass is 19.2. The van der Waals surface area contributed by atoms with Gasteiger partial charge < -0.3 is 9.97 Å². The van der Waals surface area contributed by atoms with Gasteiger partial charge in [-0.05, 0) is 48.6 Å². The maximum absolute atomic E-state index is 15.6. The number of rotatable bonds is 3. The third kappa shape index (κ3) is 5.37. The lowest BCUT2D eigenvalue weighted by Crippen LogP contribution is -2.06. The van der Waals surface area contributed by atoms with Crippen molar-refractivity contribution in [1.29, 1.82) is 0 Å². The quantitative estimate of drug-likeness (QED) is 0.106. The first-order valence-corrected chi connectivity index (χ1v) is 15.8. The molecule has 0 atom stereocenters. The molecule has 8 rings (SSSR count).